The Labute approximate surface area is 141 Å². The minimum atomic E-state index is -0.617. The normalized spacial score (nSPS) is 14.3. The summed E-state index contributed by atoms with van der Waals surface area (Å²) in [5.74, 6) is 0.349. The second-order valence-corrected chi connectivity index (χ2v) is 7.29. The standard InChI is InChI=1S/C19H21F2N3/c1-12-23(5)18-17(24(12)11-19(2,3)4)9-8-16(22-18)14-7-6-13(20)10-15(14)21/h6-10H,1,11H2,2-5H3. The molecule has 0 bridgehead atoms. The van der Waals surface area contributed by atoms with Gasteiger partial charge in [0.15, 0.2) is 5.82 Å². The molecule has 2 heterocycles. The Morgan fingerprint density at radius 3 is 2.46 bits per heavy atom. The Hall–Kier alpha value is -2.43. The van der Waals surface area contributed by atoms with E-state index in [0.717, 1.165) is 29.9 Å². The van der Waals surface area contributed by atoms with E-state index >= 15 is 0 Å². The van der Waals surface area contributed by atoms with Crippen molar-refractivity contribution in [3.8, 4) is 11.3 Å². The molecular formula is C19H21F2N3. The van der Waals surface area contributed by atoms with Crippen LogP contribution in [0, 0.1) is 17.0 Å². The maximum Gasteiger partial charge on any atom is 0.158 e. The van der Waals surface area contributed by atoms with Crippen molar-refractivity contribution in [2.24, 2.45) is 5.41 Å². The van der Waals surface area contributed by atoms with Gasteiger partial charge in [0.25, 0.3) is 0 Å². The predicted molar refractivity (Wildman–Crippen MR) is 93.9 cm³/mol. The third kappa shape index (κ3) is 2.86. The molecule has 126 valence electrons. The van der Waals surface area contributed by atoms with Crippen LogP contribution in [0.3, 0.4) is 0 Å². The highest BCUT2D eigenvalue weighted by Crippen LogP contribution is 2.41. The molecule has 0 fully saturated rings. The van der Waals surface area contributed by atoms with Crippen LogP contribution in [0.1, 0.15) is 20.8 Å². The first-order chi connectivity index (χ1) is 11.2. The lowest BCUT2D eigenvalue weighted by atomic mass is 9.96. The van der Waals surface area contributed by atoms with Crippen molar-refractivity contribution in [3.63, 3.8) is 0 Å². The molecule has 0 unspecified atom stereocenters. The van der Waals surface area contributed by atoms with Crippen LogP contribution >= 0.6 is 0 Å². The number of halogens is 2. The number of rotatable bonds is 2. The zero-order valence-electron chi connectivity index (χ0n) is 14.4. The third-order valence-electron chi connectivity index (χ3n) is 4.00. The van der Waals surface area contributed by atoms with Gasteiger partial charge in [-0.25, -0.2) is 13.8 Å². The molecule has 1 aromatic carbocycles. The highest BCUT2D eigenvalue weighted by molar-refractivity contribution is 5.81. The first-order valence-corrected chi connectivity index (χ1v) is 7.84. The maximum absolute atomic E-state index is 14.0. The predicted octanol–water partition coefficient (Wildman–Crippen LogP) is 4.80. The lowest BCUT2D eigenvalue weighted by Gasteiger charge is -2.29. The van der Waals surface area contributed by atoms with Gasteiger partial charge < -0.3 is 9.80 Å². The summed E-state index contributed by atoms with van der Waals surface area (Å²) in [4.78, 5) is 8.60. The number of pyridine rings is 1. The fourth-order valence-electron chi connectivity index (χ4n) is 2.84. The van der Waals surface area contributed by atoms with E-state index in [4.69, 9.17) is 0 Å². The lowest BCUT2D eigenvalue weighted by Crippen LogP contribution is -2.32. The Balaban J connectivity index is 2.04. The van der Waals surface area contributed by atoms with Gasteiger partial charge in [-0.1, -0.05) is 27.4 Å². The van der Waals surface area contributed by atoms with Crippen molar-refractivity contribution in [1.82, 2.24) is 4.98 Å². The molecule has 0 spiro atoms. The number of nitrogens with zero attached hydrogens (tertiary/aromatic N) is 3. The number of aromatic nitrogens is 1. The monoisotopic (exact) mass is 329 g/mol. The number of fused-ring (bicyclic) bond motifs is 1. The van der Waals surface area contributed by atoms with E-state index in [1.807, 2.05) is 18.0 Å². The van der Waals surface area contributed by atoms with Gasteiger partial charge >= 0.3 is 0 Å². The molecule has 24 heavy (non-hydrogen) atoms. The van der Waals surface area contributed by atoms with Crippen LogP contribution in [0.2, 0.25) is 0 Å². The number of anilines is 2. The quantitative estimate of drug-likeness (QED) is 0.789. The van der Waals surface area contributed by atoms with Crippen molar-refractivity contribution in [1.29, 1.82) is 0 Å². The molecule has 0 saturated heterocycles. The van der Waals surface area contributed by atoms with Crippen molar-refractivity contribution in [2.75, 3.05) is 23.4 Å². The third-order valence-corrected chi connectivity index (χ3v) is 4.00. The van der Waals surface area contributed by atoms with Gasteiger partial charge in [0.2, 0.25) is 0 Å². The van der Waals surface area contributed by atoms with E-state index in [9.17, 15) is 8.78 Å². The summed E-state index contributed by atoms with van der Waals surface area (Å²) < 4.78 is 27.2. The molecule has 0 atom stereocenters. The van der Waals surface area contributed by atoms with Gasteiger partial charge in [-0.3, -0.25) is 0 Å². The summed E-state index contributed by atoms with van der Waals surface area (Å²) >= 11 is 0. The summed E-state index contributed by atoms with van der Waals surface area (Å²) in [5, 5.41) is 0. The minimum absolute atomic E-state index is 0.0904. The first-order valence-electron chi connectivity index (χ1n) is 7.84. The summed E-state index contributed by atoms with van der Waals surface area (Å²) in [6, 6.07) is 7.20. The average molecular weight is 329 g/mol. The highest BCUT2D eigenvalue weighted by atomic mass is 19.1. The molecule has 1 aliphatic rings. The second-order valence-electron chi connectivity index (χ2n) is 7.29. The van der Waals surface area contributed by atoms with Gasteiger partial charge in [0.1, 0.15) is 17.5 Å². The Bertz CT molecular complexity index is 809. The van der Waals surface area contributed by atoms with Gasteiger partial charge in [-0.05, 0) is 29.7 Å². The zero-order valence-corrected chi connectivity index (χ0v) is 14.4. The molecule has 0 N–H and O–H groups in total. The number of benzene rings is 1. The fraction of sp³-hybridized carbons (Fsp3) is 0.316. The Morgan fingerprint density at radius 2 is 1.83 bits per heavy atom. The van der Waals surface area contributed by atoms with Crippen LogP contribution in [0.25, 0.3) is 11.3 Å². The van der Waals surface area contributed by atoms with E-state index in [1.54, 1.807) is 6.07 Å². The van der Waals surface area contributed by atoms with E-state index < -0.39 is 11.6 Å². The molecule has 0 saturated carbocycles. The number of hydrogen-bond donors (Lipinski definition) is 0. The van der Waals surface area contributed by atoms with Gasteiger partial charge in [-0.2, -0.15) is 0 Å². The van der Waals surface area contributed by atoms with Crippen molar-refractivity contribution in [3.05, 3.63) is 54.4 Å². The van der Waals surface area contributed by atoms with Crippen molar-refractivity contribution >= 4 is 11.5 Å². The molecule has 5 heteroatoms. The van der Waals surface area contributed by atoms with E-state index in [1.165, 1.54) is 12.1 Å². The van der Waals surface area contributed by atoms with Crippen molar-refractivity contribution < 1.29 is 8.78 Å². The highest BCUT2D eigenvalue weighted by Gasteiger charge is 2.31. The van der Waals surface area contributed by atoms with E-state index in [2.05, 4.69) is 37.2 Å². The van der Waals surface area contributed by atoms with Crippen molar-refractivity contribution in [2.45, 2.75) is 20.8 Å². The fourth-order valence-corrected chi connectivity index (χ4v) is 2.84. The maximum atomic E-state index is 14.0. The van der Waals surface area contributed by atoms with Gasteiger partial charge in [-0.15, -0.1) is 0 Å². The molecule has 0 aliphatic carbocycles. The summed E-state index contributed by atoms with van der Waals surface area (Å²) in [5.41, 5.74) is 1.80. The second kappa shape index (κ2) is 5.58. The average Bonchev–Trinajstić information content (AvgIpc) is 2.71. The zero-order chi connectivity index (χ0) is 17.6. The van der Waals surface area contributed by atoms with Crippen LogP contribution < -0.4 is 9.80 Å². The largest absolute Gasteiger partial charge is 0.325 e. The van der Waals surface area contributed by atoms with Crippen LogP contribution in [-0.4, -0.2) is 18.6 Å². The van der Waals surface area contributed by atoms with Gasteiger partial charge in [0, 0.05) is 25.2 Å². The first kappa shape index (κ1) is 16.4. The topological polar surface area (TPSA) is 19.4 Å². The molecule has 3 nitrogen and oxygen atoms in total. The van der Waals surface area contributed by atoms with Gasteiger partial charge in [0.05, 0.1) is 11.4 Å². The van der Waals surface area contributed by atoms with Crippen LogP contribution in [-0.2, 0) is 0 Å². The molecule has 1 aromatic heterocycles. The number of hydrogen-bond acceptors (Lipinski definition) is 3. The SMILES string of the molecule is C=C1N(C)c2nc(-c3ccc(F)cc3F)ccc2N1CC(C)(C)C. The van der Waals surface area contributed by atoms with Crippen LogP contribution in [0.15, 0.2) is 42.7 Å². The molecule has 0 radical (unpaired) electrons. The summed E-state index contributed by atoms with van der Waals surface area (Å²) in [7, 11) is 1.89. The Kier molecular flexibility index (Phi) is 3.82. The van der Waals surface area contributed by atoms with E-state index in [0.29, 0.717) is 5.69 Å². The smallest absolute Gasteiger partial charge is 0.158 e. The molecule has 2 aromatic rings. The molecule has 0 amide bonds. The summed E-state index contributed by atoms with van der Waals surface area (Å²) in [6.07, 6.45) is 0. The molecular weight excluding hydrogens is 308 g/mol. The minimum Gasteiger partial charge on any atom is -0.325 e. The van der Waals surface area contributed by atoms with Crippen LogP contribution in [0.4, 0.5) is 20.3 Å². The molecule has 1 aliphatic heterocycles. The van der Waals surface area contributed by atoms with Crippen LogP contribution in [0.5, 0.6) is 0 Å². The lowest BCUT2D eigenvalue weighted by molar-refractivity contribution is 0.421. The molecule has 3 rings (SSSR count). The summed E-state index contributed by atoms with van der Waals surface area (Å²) in [6.45, 7) is 11.4. The Morgan fingerprint density at radius 1 is 1.12 bits per heavy atom. The van der Waals surface area contributed by atoms with E-state index in [-0.39, 0.29) is 11.0 Å².